The number of fused-ring (bicyclic) bond motifs is 1. The van der Waals surface area contributed by atoms with Crippen LogP contribution in [0.3, 0.4) is 0 Å². The Morgan fingerprint density at radius 3 is 2.59 bits per heavy atom. The molecule has 5 heteroatoms. The highest BCUT2D eigenvalue weighted by Gasteiger charge is 2.11. The molecule has 0 fully saturated rings. The molecule has 0 aliphatic heterocycles. The third kappa shape index (κ3) is 5.05. The predicted molar refractivity (Wildman–Crippen MR) is 117 cm³/mol. The van der Waals surface area contributed by atoms with Crippen LogP contribution in [0.1, 0.15) is 30.3 Å². The maximum Gasteiger partial charge on any atom is 0.246 e. The zero-order valence-electron chi connectivity index (χ0n) is 17.5. The lowest BCUT2D eigenvalue weighted by molar-refractivity contribution is -0.117. The molecule has 0 aliphatic rings. The Bertz CT molecular complexity index is 1000. The molecule has 0 spiro atoms. The van der Waals surface area contributed by atoms with Gasteiger partial charge in [0.15, 0.2) is 0 Å². The highest BCUT2D eigenvalue weighted by molar-refractivity contribution is 5.92. The largest absolute Gasteiger partial charge is 0.493 e. The Balaban J connectivity index is 1.65. The zero-order chi connectivity index (χ0) is 20.8. The second kappa shape index (κ2) is 9.41. The Kier molecular flexibility index (Phi) is 6.70. The van der Waals surface area contributed by atoms with Crippen LogP contribution in [0.5, 0.6) is 5.75 Å². The molecule has 2 aromatic carbocycles. The smallest absolute Gasteiger partial charge is 0.246 e. The van der Waals surface area contributed by atoms with Crippen LogP contribution in [0, 0.1) is 13.8 Å². The lowest BCUT2D eigenvalue weighted by Crippen LogP contribution is -2.26. The van der Waals surface area contributed by atoms with Gasteiger partial charge in [-0.15, -0.1) is 0 Å². The van der Waals surface area contributed by atoms with Crippen molar-refractivity contribution in [2.24, 2.45) is 0 Å². The predicted octanol–water partition coefficient (Wildman–Crippen LogP) is 4.36. The molecule has 1 heterocycles. The molecule has 0 atom stereocenters. The summed E-state index contributed by atoms with van der Waals surface area (Å²) in [7, 11) is 0. The zero-order valence-corrected chi connectivity index (χ0v) is 17.5. The van der Waals surface area contributed by atoms with Gasteiger partial charge in [-0.3, -0.25) is 4.79 Å². The van der Waals surface area contributed by atoms with Gasteiger partial charge in [0.2, 0.25) is 5.91 Å². The number of aromatic nitrogens is 2. The van der Waals surface area contributed by atoms with Crippen molar-refractivity contribution in [1.29, 1.82) is 0 Å². The normalized spacial score (nSPS) is 10.9. The number of hydrogen-bond acceptors (Lipinski definition) is 3. The number of benzene rings is 2. The summed E-state index contributed by atoms with van der Waals surface area (Å²) in [6.45, 7) is 11.5. The number of imidazole rings is 1. The highest BCUT2D eigenvalue weighted by Crippen LogP contribution is 2.23. The molecule has 152 valence electrons. The van der Waals surface area contributed by atoms with Crippen LogP contribution in [0.4, 0.5) is 0 Å². The fraction of sp³-hybridized carbons (Fsp3) is 0.333. The Morgan fingerprint density at radius 2 is 1.86 bits per heavy atom. The summed E-state index contributed by atoms with van der Waals surface area (Å²) in [5.74, 6) is 1.83. The quantitative estimate of drug-likeness (QED) is 0.436. The monoisotopic (exact) mass is 391 g/mol. The molecule has 1 aromatic heterocycles. The van der Waals surface area contributed by atoms with Gasteiger partial charge in [0.1, 0.15) is 11.6 Å². The molecular formula is C24H29N3O2. The van der Waals surface area contributed by atoms with Gasteiger partial charge in [-0.05, 0) is 50.5 Å². The van der Waals surface area contributed by atoms with Crippen molar-refractivity contribution >= 4 is 16.9 Å². The first kappa shape index (κ1) is 20.6. The van der Waals surface area contributed by atoms with Crippen LogP contribution in [-0.4, -0.2) is 28.6 Å². The van der Waals surface area contributed by atoms with E-state index in [9.17, 15) is 4.79 Å². The van der Waals surface area contributed by atoms with Crippen molar-refractivity contribution in [1.82, 2.24) is 14.9 Å². The van der Waals surface area contributed by atoms with E-state index in [4.69, 9.17) is 9.72 Å². The molecule has 3 rings (SSSR count). The summed E-state index contributed by atoms with van der Waals surface area (Å²) in [6, 6.07) is 14.3. The first-order valence-electron chi connectivity index (χ1n) is 10.0. The van der Waals surface area contributed by atoms with Gasteiger partial charge in [-0.25, -0.2) is 4.98 Å². The van der Waals surface area contributed by atoms with E-state index in [2.05, 4.69) is 48.5 Å². The van der Waals surface area contributed by atoms with Crippen LogP contribution in [0.2, 0.25) is 0 Å². The van der Waals surface area contributed by atoms with Gasteiger partial charge in [-0.2, -0.15) is 0 Å². The van der Waals surface area contributed by atoms with Gasteiger partial charge in [0.25, 0.3) is 0 Å². The molecule has 1 N–H and O–H groups in total. The van der Waals surface area contributed by atoms with Crippen molar-refractivity contribution < 1.29 is 9.53 Å². The topological polar surface area (TPSA) is 56.2 Å². The molecular weight excluding hydrogens is 362 g/mol. The molecule has 5 nitrogen and oxygen atoms in total. The van der Waals surface area contributed by atoms with E-state index in [1.807, 2.05) is 24.3 Å². The van der Waals surface area contributed by atoms with E-state index in [0.717, 1.165) is 46.7 Å². The van der Waals surface area contributed by atoms with Gasteiger partial charge < -0.3 is 14.6 Å². The molecule has 0 saturated heterocycles. The molecule has 0 unspecified atom stereocenters. The van der Waals surface area contributed by atoms with E-state index in [1.165, 1.54) is 0 Å². The second-order valence-electron chi connectivity index (χ2n) is 7.38. The summed E-state index contributed by atoms with van der Waals surface area (Å²) >= 11 is 0. The third-order valence-electron chi connectivity index (χ3n) is 4.94. The van der Waals surface area contributed by atoms with Gasteiger partial charge in [0, 0.05) is 25.1 Å². The number of para-hydroxylation sites is 3. The van der Waals surface area contributed by atoms with Crippen molar-refractivity contribution in [2.45, 2.75) is 40.2 Å². The third-order valence-corrected chi connectivity index (χ3v) is 4.94. The van der Waals surface area contributed by atoms with Gasteiger partial charge in [0.05, 0.1) is 17.6 Å². The highest BCUT2D eigenvalue weighted by atomic mass is 16.5. The van der Waals surface area contributed by atoms with Crippen LogP contribution in [0.25, 0.3) is 11.0 Å². The fourth-order valence-corrected chi connectivity index (χ4v) is 3.43. The molecule has 3 aromatic rings. The number of ether oxygens (including phenoxy) is 1. The Labute approximate surface area is 172 Å². The summed E-state index contributed by atoms with van der Waals surface area (Å²) in [6.07, 6.45) is 1.55. The summed E-state index contributed by atoms with van der Waals surface area (Å²) < 4.78 is 8.29. The van der Waals surface area contributed by atoms with Gasteiger partial charge in [-0.1, -0.05) is 36.9 Å². The van der Waals surface area contributed by atoms with E-state index < -0.39 is 0 Å². The minimum atomic E-state index is -0.116. The van der Waals surface area contributed by atoms with E-state index in [1.54, 1.807) is 6.92 Å². The standard InChI is InChI=1S/C24H29N3O2/c1-17(2)24(28)25-14-13-22-26-20-11-5-6-12-21(20)27(22)15-8-16-29-23-18(3)9-7-10-19(23)4/h5-7,9-12H,1,8,13-16H2,2-4H3,(H,25,28). The molecule has 0 aliphatic carbocycles. The number of carbonyl (C=O) groups excluding carboxylic acids is 1. The lowest BCUT2D eigenvalue weighted by atomic mass is 10.1. The molecule has 29 heavy (non-hydrogen) atoms. The molecule has 0 bridgehead atoms. The molecule has 0 radical (unpaired) electrons. The first-order chi connectivity index (χ1) is 14.0. The first-order valence-corrected chi connectivity index (χ1v) is 10.0. The van der Waals surface area contributed by atoms with Crippen LogP contribution in [0.15, 0.2) is 54.6 Å². The fourth-order valence-electron chi connectivity index (χ4n) is 3.43. The second-order valence-corrected chi connectivity index (χ2v) is 7.38. The number of nitrogens with one attached hydrogen (secondary N) is 1. The summed E-state index contributed by atoms with van der Waals surface area (Å²) in [5, 5.41) is 2.89. The van der Waals surface area contributed by atoms with E-state index in [0.29, 0.717) is 25.1 Å². The number of nitrogens with zero attached hydrogens (tertiary/aromatic N) is 2. The average Bonchev–Trinajstić information content (AvgIpc) is 3.04. The average molecular weight is 392 g/mol. The summed E-state index contributed by atoms with van der Waals surface area (Å²) in [5.41, 5.74) is 4.92. The molecule has 1 amide bonds. The van der Waals surface area contributed by atoms with Crippen molar-refractivity contribution in [3.05, 3.63) is 71.6 Å². The van der Waals surface area contributed by atoms with Crippen molar-refractivity contribution in [3.63, 3.8) is 0 Å². The number of rotatable bonds is 9. The van der Waals surface area contributed by atoms with Gasteiger partial charge >= 0.3 is 0 Å². The van der Waals surface area contributed by atoms with Crippen molar-refractivity contribution in [2.75, 3.05) is 13.2 Å². The molecule has 0 saturated carbocycles. The number of amides is 1. The minimum absolute atomic E-state index is 0.116. The van der Waals surface area contributed by atoms with E-state index >= 15 is 0 Å². The van der Waals surface area contributed by atoms with Crippen molar-refractivity contribution in [3.8, 4) is 5.75 Å². The Hall–Kier alpha value is -3.08. The van der Waals surface area contributed by atoms with E-state index in [-0.39, 0.29) is 5.91 Å². The van der Waals surface area contributed by atoms with Crippen LogP contribution in [-0.2, 0) is 17.8 Å². The van der Waals surface area contributed by atoms with Crippen LogP contribution < -0.4 is 10.1 Å². The Morgan fingerprint density at radius 1 is 1.14 bits per heavy atom. The summed E-state index contributed by atoms with van der Waals surface area (Å²) in [4.78, 5) is 16.5. The maximum atomic E-state index is 11.7. The minimum Gasteiger partial charge on any atom is -0.493 e. The number of aryl methyl sites for hydroxylation is 3. The number of hydrogen-bond donors (Lipinski definition) is 1. The SMILES string of the molecule is C=C(C)C(=O)NCCc1nc2ccccc2n1CCCOc1c(C)cccc1C. The lowest BCUT2D eigenvalue weighted by Gasteiger charge is -2.13. The number of carbonyl (C=O) groups is 1. The maximum absolute atomic E-state index is 11.7. The van der Waals surface area contributed by atoms with Crippen LogP contribution >= 0.6 is 0 Å².